The number of benzene rings is 1. The van der Waals surface area contributed by atoms with Crippen molar-refractivity contribution >= 4 is 21.6 Å². The van der Waals surface area contributed by atoms with E-state index in [1.165, 1.54) is 4.31 Å². The average molecular weight is 305 g/mol. The van der Waals surface area contributed by atoms with Crippen LogP contribution in [0.5, 0.6) is 0 Å². The Kier molecular flexibility index (Phi) is 3.43. The minimum absolute atomic E-state index is 0.235. The molecule has 110 valence electrons. The number of sulfonamides is 1. The third kappa shape index (κ3) is 2.64. The number of amides is 1. The van der Waals surface area contributed by atoms with E-state index in [0.717, 1.165) is 12.8 Å². The standard InChI is InChI=1S/C14H15N3O3S/c15-7-10-3-1-2-4-13(10)16-14(18)11-8-17(9-11)21(19,20)12-5-6-12/h1-4,11-12H,5-6,8-9H2,(H,16,18). The van der Waals surface area contributed by atoms with Crippen LogP contribution in [0.1, 0.15) is 18.4 Å². The number of para-hydroxylation sites is 1. The Balaban J connectivity index is 1.60. The Morgan fingerprint density at radius 1 is 1.29 bits per heavy atom. The van der Waals surface area contributed by atoms with Gasteiger partial charge in [-0.3, -0.25) is 4.79 Å². The summed E-state index contributed by atoms with van der Waals surface area (Å²) in [6.07, 6.45) is 1.45. The molecular formula is C14H15N3O3S. The van der Waals surface area contributed by atoms with Crippen molar-refractivity contribution in [2.45, 2.75) is 18.1 Å². The maximum Gasteiger partial charge on any atom is 0.230 e. The lowest BCUT2D eigenvalue weighted by Gasteiger charge is -2.37. The molecule has 6 nitrogen and oxygen atoms in total. The quantitative estimate of drug-likeness (QED) is 0.895. The predicted octanol–water partition coefficient (Wildman–Crippen LogP) is 0.921. The van der Waals surface area contributed by atoms with Crippen molar-refractivity contribution in [2.75, 3.05) is 18.4 Å². The third-order valence-corrected chi connectivity index (χ3v) is 6.16. The Morgan fingerprint density at radius 3 is 2.57 bits per heavy atom. The summed E-state index contributed by atoms with van der Waals surface area (Å²) < 4.78 is 25.3. The van der Waals surface area contributed by atoms with Crippen molar-refractivity contribution in [3.63, 3.8) is 0 Å². The fourth-order valence-corrected chi connectivity index (χ4v) is 4.24. The second-order valence-corrected chi connectivity index (χ2v) is 7.62. The molecule has 2 aliphatic rings. The van der Waals surface area contributed by atoms with Crippen LogP contribution in [0.3, 0.4) is 0 Å². The zero-order valence-electron chi connectivity index (χ0n) is 11.3. The second-order valence-electron chi connectivity index (χ2n) is 5.40. The van der Waals surface area contributed by atoms with Gasteiger partial charge in [-0.25, -0.2) is 8.42 Å². The monoisotopic (exact) mass is 305 g/mol. The minimum atomic E-state index is -3.18. The molecule has 1 saturated heterocycles. The van der Waals surface area contributed by atoms with Crippen LogP contribution in [0.2, 0.25) is 0 Å². The third-order valence-electron chi connectivity index (χ3n) is 3.83. The fourth-order valence-electron chi connectivity index (χ4n) is 2.31. The fraction of sp³-hybridized carbons (Fsp3) is 0.429. The lowest BCUT2D eigenvalue weighted by atomic mass is 10.0. The Bertz CT molecular complexity index is 713. The van der Waals surface area contributed by atoms with E-state index in [4.69, 9.17) is 5.26 Å². The first kappa shape index (κ1) is 14.0. The highest BCUT2D eigenvalue weighted by Gasteiger charge is 2.46. The number of rotatable bonds is 4. The maximum absolute atomic E-state index is 12.1. The van der Waals surface area contributed by atoms with Crippen LogP contribution in [0.15, 0.2) is 24.3 Å². The normalized spacial score (nSPS) is 19.6. The van der Waals surface area contributed by atoms with Crippen LogP contribution < -0.4 is 5.32 Å². The molecule has 1 N–H and O–H groups in total. The van der Waals surface area contributed by atoms with Gasteiger partial charge >= 0.3 is 0 Å². The van der Waals surface area contributed by atoms with Crippen molar-refractivity contribution in [3.05, 3.63) is 29.8 Å². The van der Waals surface area contributed by atoms with Gasteiger partial charge in [-0.15, -0.1) is 0 Å². The van der Waals surface area contributed by atoms with Gasteiger partial charge in [0.15, 0.2) is 0 Å². The van der Waals surface area contributed by atoms with E-state index in [1.54, 1.807) is 24.3 Å². The van der Waals surface area contributed by atoms with Gasteiger partial charge in [-0.1, -0.05) is 12.1 Å². The topological polar surface area (TPSA) is 90.3 Å². The molecule has 1 aliphatic heterocycles. The van der Waals surface area contributed by atoms with Crippen LogP contribution in [-0.2, 0) is 14.8 Å². The largest absolute Gasteiger partial charge is 0.325 e. The Morgan fingerprint density at radius 2 is 1.95 bits per heavy atom. The molecule has 0 bridgehead atoms. The zero-order chi connectivity index (χ0) is 15.0. The summed E-state index contributed by atoms with van der Waals surface area (Å²) in [5.41, 5.74) is 0.862. The molecule has 0 atom stereocenters. The number of carbonyl (C=O) groups excluding carboxylic acids is 1. The van der Waals surface area contributed by atoms with Gasteiger partial charge in [-0.2, -0.15) is 9.57 Å². The van der Waals surface area contributed by atoms with E-state index >= 15 is 0 Å². The molecular weight excluding hydrogens is 290 g/mol. The van der Waals surface area contributed by atoms with Crippen LogP contribution in [0.25, 0.3) is 0 Å². The van der Waals surface area contributed by atoms with Crippen LogP contribution in [0.4, 0.5) is 5.69 Å². The maximum atomic E-state index is 12.1. The summed E-state index contributed by atoms with van der Waals surface area (Å²) in [5.74, 6) is -0.578. The highest BCUT2D eigenvalue weighted by atomic mass is 32.2. The summed E-state index contributed by atoms with van der Waals surface area (Å²) in [5, 5.41) is 11.4. The number of hydrogen-bond acceptors (Lipinski definition) is 4. The van der Waals surface area contributed by atoms with Crippen molar-refractivity contribution in [1.82, 2.24) is 4.31 Å². The number of nitrogens with one attached hydrogen (secondary N) is 1. The highest BCUT2D eigenvalue weighted by Crippen LogP contribution is 2.34. The number of nitriles is 1. The molecule has 7 heteroatoms. The van der Waals surface area contributed by atoms with Crippen molar-refractivity contribution in [3.8, 4) is 6.07 Å². The first-order valence-corrected chi connectivity index (χ1v) is 8.31. The Labute approximate surface area is 123 Å². The van der Waals surface area contributed by atoms with Gasteiger partial charge in [0.1, 0.15) is 6.07 Å². The van der Waals surface area contributed by atoms with Gasteiger partial charge in [0.05, 0.1) is 22.4 Å². The van der Waals surface area contributed by atoms with E-state index in [2.05, 4.69) is 5.32 Å². The van der Waals surface area contributed by atoms with Gasteiger partial charge in [0.2, 0.25) is 15.9 Å². The van der Waals surface area contributed by atoms with Crippen molar-refractivity contribution in [1.29, 1.82) is 5.26 Å². The molecule has 1 aromatic carbocycles. The highest BCUT2D eigenvalue weighted by molar-refractivity contribution is 7.90. The lowest BCUT2D eigenvalue weighted by Crippen LogP contribution is -2.55. The summed E-state index contributed by atoms with van der Waals surface area (Å²) in [6, 6.07) is 8.76. The second kappa shape index (κ2) is 5.13. The molecule has 1 saturated carbocycles. The van der Waals surface area contributed by atoms with E-state index in [1.807, 2.05) is 6.07 Å². The van der Waals surface area contributed by atoms with Gasteiger partial charge in [-0.05, 0) is 25.0 Å². The molecule has 1 heterocycles. The van der Waals surface area contributed by atoms with Crippen molar-refractivity contribution < 1.29 is 13.2 Å². The van der Waals surface area contributed by atoms with Crippen molar-refractivity contribution in [2.24, 2.45) is 5.92 Å². The predicted molar refractivity (Wildman–Crippen MR) is 76.8 cm³/mol. The first-order valence-electron chi connectivity index (χ1n) is 6.81. The number of carbonyl (C=O) groups is 1. The van der Waals surface area contributed by atoms with Crippen LogP contribution in [-0.4, -0.2) is 37.0 Å². The summed E-state index contributed by atoms with van der Waals surface area (Å²) in [7, 11) is -3.18. The molecule has 21 heavy (non-hydrogen) atoms. The van der Waals surface area contributed by atoms with E-state index in [9.17, 15) is 13.2 Å². The van der Waals surface area contributed by atoms with E-state index in [-0.39, 0.29) is 30.2 Å². The molecule has 2 fully saturated rings. The summed E-state index contributed by atoms with van der Waals surface area (Å²) in [6.45, 7) is 0.471. The number of anilines is 1. The average Bonchev–Trinajstić information content (AvgIpc) is 3.21. The number of hydrogen-bond donors (Lipinski definition) is 1. The SMILES string of the molecule is N#Cc1ccccc1NC(=O)C1CN(S(=O)(=O)C2CC2)C1. The summed E-state index contributed by atoms with van der Waals surface area (Å²) in [4.78, 5) is 12.1. The molecule has 1 aliphatic carbocycles. The Hall–Kier alpha value is -1.91. The van der Waals surface area contributed by atoms with Gasteiger partial charge < -0.3 is 5.32 Å². The molecule has 0 spiro atoms. The minimum Gasteiger partial charge on any atom is -0.325 e. The van der Waals surface area contributed by atoms with Crippen LogP contribution >= 0.6 is 0 Å². The molecule has 1 amide bonds. The zero-order valence-corrected chi connectivity index (χ0v) is 12.1. The first-order chi connectivity index (χ1) is 10.0. The lowest BCUT2D eigenvalue weighted by molar-refractivity contribution is -0.122. The molecule has 1 aromatic rings. The molecule has 3 rings (SSSR count). The molecule has 0 aromatic heterocycles. The van der Waals surface area contributed by atoms with E-state index < -0.39 is 10.0 Å². The smallest absolute Gasteiger partial charge is 0.230 e. The van der Waals surface area contributed by atoms with Crippen LogP contribution in [0, 0.1) is 17.2 Å². The van der Waals surface area contributed by atoms with Gasteiger partial charge in [0.25, 0.3) is 0 Å². The molecule has 0 radical (unpaired) electrons. The van der Waals surface area contributed by atoms with Gasteiger partial charge in [0, 0.05) is 13.1 Å². The summed E-state index contributed by atoms with van der Waals surface area (Å²) >= 11 is 0. The molecule has 0 unspecified atom stereocenters. The number of nitrogens with zero attached hydrogens (tertiary/aromatic N) is 2. The van der Waals surface area contributed by atoms with E-state index in [0.29, 0.717) is 11.3 Å².